The van der Waals surface area contributed by atoms with Crippen LogP contribution in [0.4, 0.5) is 0 Å². The van der Waals surface area contributed by atoms with Crippen LogP contribution in [0.15, 0.2) is 0 Å². The van der Waals surface area contributed by atoms with E-state index >= 15 is 0 Å². The minimum Gasteiger partial charge on any atom is -0.480 e. The minimum atomic E-state index is -2.84. The van der Waals surface area contributed by atoms with Gasteiger partial charge in [0.15, 0.2) is 0 Å². The Hall–Kier alpha value is -1.22. The minimum absolute atomic E-state index is 1.09. The molecule has 7 N–H and O–H groups in total. The molecule has 0 saturated heterocycles. The molecule has 0 fully saturated rings. The zero-order valence-corrected chi connectivity index (χ0v) is 7.75. The zero-order valence-electron chi connectivity index (χ0n) is 7.75. The number of carboxylic acids is 2. The maximum absolute atomic E-state index is 10.8. The fraction of sp³-hybridized carbons (Fsp3) is 0.714. The van der Waals surface area contributed by atoms with Gasteiger partial charge in [-0.25, -0.2) is 0 Å². The predicted molar refractivity (Wildman–Crippen MR) is 45.9 cm³/mol. The number of carbonyl (C=O) groups is 2. The Labute approximate surface area is 84.6 Å². The molecule has 0 aliphatic heterocycles. The molecule has 0 aromatic heterocycles. The SMILES string of the molecule is NC(CO)(CO)C(CO)(C(=O)O)C(=O)O. The van der Waals surface area contributed by atoms with E-state index in [0.29, 0.717) is 0 Å². The van der Waals surface area contributed by atoms with E-state index in [-0.39, 0.29) is 0 Å². The number of aliphatic hydroxyl groups is 3. The number of hydrogen-bond donors (Lipinski definition) is 6. The quantitative estimate of drug-likeness (QED) is 0.257. The first-order valence-corrected chi connectivity index (χ1v) is 3.90. The van der Waals surface area contributed by atoms with Crippen molar-refractivity contribution < 1.29 is 35.1 Å². The lowest BCUT2D eigenvalue weighted by Gasteiger charge is -2.38. The van der Waals surface area contributed by atoms with Gasteiger partial charge in [0.2, 0.25) is 5.41 Å². The van der Waals surface area contributed by atoms with E-state index in [1.54, 1.807) is 0 Å². The van der Waals surface area contributed by atoms with Gasteiger partial charge >= 0.3 is 11.9 Å². The topological polar surface area (TPSA) is 161 Å². The molecule has 0 spiro atoms. The molecule has 0 aliphatic rings. The second kappa shape index (κ2) is 4.53. The second-order valence-electron chi connectivity index (χ2n) is 3.15. The summed E-state index contributed by atoms with van der Waals surface area (Å²) in [6.45, 7) is -3.53. The highest BCUT2D eigenvalue weighted by Crippen LogP contribution is 2.30. The fourth-order valence-corrected chi connectivity index (χ4v) is 1.13. The van der Waals surface area contributed by atoms with Gasteiger partial charge in [-0.3, -0.25) is 9.59 Å². The fourth-order valence-electron chi connectivity index (χ4n) is 1.13. The van der Waals surface area contributed by atoms with Crippen molar-refractivity contribution in [2.24, 2.45) is 11.1 Å². The molecule has 88 valence electrons. The zero-order chi connectivity index (χ0) is 12.3. The molecule has 0 bridgehead atoms. The Morgan fingerprint density at radius 1 is 0.933 bits per heavy atom. The van der Waals surface area contributed by atoms with Crippen LogP contribution in [0, 0.1) is 5.41 Å². The van der Waals surface area contributed by atoms with Crippen LogP contribution in [0.2, 0.25) is 0 Å². The molecule has 8 nitrogen and oxygen atoms in total. The van der Waals surface area contributed by atoms with E-state index in [2.05, 4.69) is 0 Å². The highest BCUT2D eigenvalue weighted by atomic mass is 16.4. The van der Waals surface area contributed by atoms with Gasteiger partial charge < -0.3 is 31.3 Å². The third-order valence-corrected chi connectivity index (χ3v) is 2.38. The molecular weight excluding hydrogens is 210 g/mol. The monoisotopic (exact) mass is 223 g/mol. The van der Waals surface area contributed by atoms with Crippen LogP contribution < -0.4 is 5.73 Å². The van der Waals surface area contributed by atoms with Crippen LogP contribution in [0.25, 0.3) is 0 Å². The van der Waals surface area contributed by atoms with Crippen molar-refractivity contribution in [2.45, 2.75) is 5.54 Å². The molecule has 15 heavy (non-hydrogen) atoms. The first-order valence-electron chi connectivity index (χ1n) is 3.90. The van der Waals surface area contributed by atoms with Gasteiger partial charge in [0.25, 0.3) is 0 Å². The van der Waals surface area contributed by atoms with E-state index in [1.807, 2.05) is 0 Å². The number of rotatable bonds is 6. The summed E-state index contributed by atoms with van der Waals surface area (Å²) in [5.41, 5.74) is 0.0819. The third kappa shape index (κ3) is 1.79. The van der Waals surface area contributed by atoms with E-state index in [0.717, 1.165) is 0 Å². The third-order valence-electron chi connectivity index (χ3n) is 2.38. The van der Waals surface area contributed by atoms with E-state index in [4.69, 9.17) is 31.3 Å². The number of hydrogen-bond acceptors (Lipinski definition) is 6. The molecule has 0 saturated carbocycles. The Bertz CT molecular complexity index is 246. The predicted octanol–water partition coefficient (Wildman–Crippen LogP) is -3.18. The van der Waals surface area contributed by atoms with E-state index in [9.17, 15) is 9.59 Å². The van der Waals surface area contributed by atoms with Gasteiger partial charge in [-0.1, -0.05) is 0 Å². The summed E-state index contributed by atoms with van der Waals surface area (Å²) >= 11 is 0. The summed E-state index contributed by atoms with van der Waals surface area (Å²) in [6.07, 6.45) is 0. The standard InChI is InChI=1S/C7H13NO7/c8-6(1-9,2-10)7(3-11,4(12)13)5(14)15/h9-11H,1-3,8H2,(H,12,13)(H,14,15). The number of nitrogens with two attached hydrogens (primary N) is 1. The lowest BCUT2D eigenvalue weighted by molar-refractivity contribution is -0.178. The Kier molecular flexibility index (Phi) is 4.16. The number of carboxylic acid groups (broad SMARTS) is 2. The van der Waals surface area contributed by atoms with Crippen molar-refractivity contribution in [1.29, 1.82) is 0 Å². The smallest absolute Gasteiger partial charge is 0.325 e. The van der Waals surface area contributed by atoms with Crippen molar-refractivity contribution in [2.75, 3.05) is 19.8 Å². The van der Waals surface area contributed by atoms with Gasteiger partial charge in [0.1, 0.15) is 0 Å². The van der Waals surface area contributed by atoms with Crippen molar-refractivity contribution in [1.82, 2.24) is 0 Å². The highest BCUT2D eigenvalue weighted by molar-refractivity contribution is 6.00. The average Bonchev–Trinajstić information content (AvgIpc) is 2.18. The van der Waals surface area contributed by atoms with Crippen molar-refractivity contribution in [3.8, 4) is 0 Å². The van der Waals surface area contributed by atoms with E-state index < -0.39 is 42.7 Å². The van der Waals surface area contributed by atoms with Gasteiger partial charge in [-0.15, -0.1) is 0 Å². The largest absolute Gasteiger partial charge is 0.480 e. The summed E-state index contributed by atoms with van der Waals surface area (Å²) < 4.78 is 0. The second-order valence-corrected chi connectivity index (χ2v) is 3.15. The lowest BCUT2D eigenvalue weighted by atomic mass is 9.71. The maximum Gasteiger partial charge on any atom is 0.325 e. The first kappa shape index (κ1) is 13.8. The summed E-state index contributed by atoms with van der Waals surface area (Å²) in [5.74, 6) is -3.86. The summed E-state index contributed by atoms with van der Waals surface area (Å²) in [6, 6.07) is 0. The van der Waals surface area contributed by atoms with Crippen LogP contribution in [0.3, 0.4) is 0 Å². The van der Waals surface area contributed by atoms with Crippen LogP contribution in [0.1, 0.15) is 0 Å². The van der Waals surface area contributed by atoms with Gasteiger partial charge in [-0.05, 0) is 0 Å². The Morgan fingerprint density at radius 3 is 1.33 bits per heavy atom. The molecule has 0 aromatic rings. The van der Waals surface area contributed by atoms with Crippen LogP contribution in [0.5, 0.6) is 0 Å². The lowest BCUT2D eigenvalue weighted by Crippen LogP contribution is -2.69. The highest BCUT2D eigenvalue weighted by Gasteiger charge is 2.60. The molecule has 0 atom stereocenters. The van der Waals surface area contributed by atoms with Crippen molar-refractivity contribution in [3.63, 3.8) is 0 Å². The van der Waals surface area contributed by atoms with Gasteiger partial charge in [0.05, 0.1) is 25.4 Å². The number of aliphatic hydroxyl groups excluding tert-OH is 3. The number of aliphatic carboxylic acids is 2. The Morgan fingerprint density at radius 2 is 1.27 bits per heavy atom. The van der Waals surface area contributed by atoms with Gasteiger partial charge in [0, 0.05) is 0 Å². The molecule has 0 amide bonds. The molecule has 0 radical (unpaired) electrons. The van der Waals surface area contributed by atoms with Gasteiger partial charge in [-0.2, -0.15) is 0 Å². The van der Waals surface area contributed by atoms with Crippen molar-refractivity contribution >= 4 is 11.9 Å². The first-order chi connectivity index (χ1) is 6.82. The molecular formula is C7H13NO7. The average molecular weight is 223 g/mol. The molecule has 8 heteroatoms. The summed E-state index contributed by atoms with van der Waals surface area (Å²) in [7, 11) is 0. The molecule has 0 aromatic carbocycles. The maximum atomic E-state index is 10.8. The molecule has 0 aliphatic carbocycles. The van der Waals surface area contributed by atoms with E-state index in [1.165, 1.54) is 0 Å². The normalized spacial score (nSPS) is 12.5. The summed E-state index contributed by atoms with van der Waals surface area (Å²) in [4.78, 5) is 21.6. The molecule has 0 rings (SSSR count). The molecule has 0 unspecified atom stereocenters. The van der Waals surface area contributed by atoms with Crippen LogP contribution in [-0.2, 0) is 9.59 Å². The molecule has 0 heterocycles. The van der Waals surface area contributed by atoms with Crippen LogP contribution >= 0.6 is 0 Å². The van der Waals surface area contributed by atoms with Crippen LogP contribution in [-0.4, -0.2) is 62.8 Å². The Balaban J connectivity index is 5.63. The summed E-state index contributed by atoms with van der Waals surface area (Å²) in [5, 5.41) is 44.0. The van der Waals surface area contributed by atoms with Crippen molar-refractivity contribution in [3.05, 3.63) is 0 Å².